The molecule has 2 nitrogen and oxygen atoms in total. The number of alkyl halides is 3. The third kappa shape index (κ3) is 4.17. The van der Waals surface area contributed by atoms with Gasteiger partial charge in [-0.05, 0) is 24.6 Å². The highest BCUT2D eigenvalue weighted by atomic mass is 19.4. The summed E-state index contributed by atoms with van der Waals surface area (Å²) in [6, 6.07) is 3.62. The Morgan fingerprint density at radius 3 is 2.53 bits per heavy atom. The van der Waals surface area contributed by atoms with E-state index in [4.69, 9.17) is 10.5 Å². The zero-order valence-electron chi connectivity index (χ0n) is 9.68. The summed E-state index contributed by atoms with van der Waals surface area (Å²) in [5, 5.41) is 0. The predicted octanol–water partition coefficient (Wildman–Crippen LogP) is 3.86. The number of rotatable bonds is 5. The van der Waals surface area contributed by atoms with Crippen LogP contribution in [0.2, 0.25) is 0 Å². The molecule has 5 heteroatoms. The fourth-order valence-corrected chi connectivity index (χ4v) is 1.41. The number of unbranched alkanes of at least 4 members (excludes halogenated alkanes) is 2. The second-order valence-corrected chi connectivity index (χ2v) is 3.80. The standard InChI is InChI=1S/C12H16F3NO/c1-2-3-4-7-17-9-5-6-11(16)10(8-9)12(13,14)15/h5-6,8H,2-4,7,16H2,1H3. The molecule has 17 heavy (non-hydrogen) atoms. The average Bonchev–Trinajstić information content (AvgIpc) is 2.25. The summed E-state index contributed by atoms with van der Waals surface area (Å²) in [6.45, 7) is 2.47. The molecule has 0 amide bonds. The van der Waals surface area contributed by atoms with Gasteiger partial charge in [0.1, 0.15) is 5.75 Å². The summed E-state index contributed by atoms with van der Waals surface area (Å²) < 4.78 is 42.9. The molecule has 1 rings (SSSR count). The van der Waals surface area contributed by atoms with E-state index in [1.54, 1.807) is 0 Å². The Bertz CT molecular complexity index is 363. The molecule has 0 saturated heterocycles. The minimum atomic E-state index is -4.44. The maximum atomic E-state index is 12.5. The molecule has 0 bridgehead atoms. The van der Waals surface area contributed by atoms with E-state index in [9.17, 15) is 13.2 Å². The van der Waals surface area contributed by atoms with E-state index < -0.39 is 11.7 Å². The lowest BCUT2D eigenvalue weighted by Gasteiger charge is -2.12. The van der Waals surface area contributed by atoms with Gasteiger partial charge in [0.2, 0.25) is 0 Å². The molecule has 0 aliphatic heterocycles. The number of hydrogen-bond donors (Lipinski definition) is 1. The van der Waals surface area contributed by atoms with Gasteiger partial charge in [-0.2, -0.15) is 13.2 Å². The van der Waals surface area contributed by atoms with Crippen LogP contribution in [-0.2, 0) is 6.18 Å². The average molecular weight is 247 g/mol. The lowest BCUT2D eigenvalue weighted by molar-refractivity contribution is -0.137. The van der Waals surface area contributed by atoms with Gasteiger partial charge >= 0.3 is 6.18 Å². The van der Waals surface area contributed by atoms with Crippen LogP contribution in [0.5, 0.6) is 5.75 Å². The minimum absolute atomic E-state index is 0.211. The molecule has 0 aliphatic rings. The third-order valence-electron chi connectivity index (χ3n) is 2.35. The fraction of sp³-hybridized carbons (Fsp3) is 0.500. The van der Waals surface area contributed by atoms with Gasteiger partial charge in [0.25, 0.3) is 0 Å². The Labute approximate surface area is 98.6 Å². The summed E-state index contributed by atoms with van der Waals surface area (Å²) in [4.78, 5) is 0. The van der Waals surface area contributed by atoms with Gasteiger partial charge in [-0.3, -0.25) is 0 Å². The molecular weight excluding hydrogens is 231 g/mol. The van der Waals surface area contributed by atoms with Gasteiger partial charge < -0.3 is 10.5 Å². The van der Waals surface area contributed by atoms with Crippen LogP contribution >= 0.6 is 0 Å². The van der Waals surface area contributed by atoms with Crippen LogP contribution < -0.4 is 10.5 Å². The first-order valence-electron chi connectivity index (χ1n) is 5.54. The molecule has 0 unspecified atom stereocenters. The number of halogens is 3. The Kier molecular flexibility index (Phi) is 4.66. The molecule has 0 spiro atoms. The Hall–Kier alpha value is -1.39. The zero-order chi connectivity index (χ0) is 12.9. The highest BCUT2D eigenvalue weighted by Crippen LogP contribution is 2.35. The Morgan fingerprint density at radius 1 is 1.24 bits per heavy atom. The van der Waals surface area contributed by atoms with Crippen molar-refractivity contribution in [1.82, 2.24) is 0 Å². The molecule has 96 valence electrons. The molecule has 1 aromatic carbocycles. The molecule has 0 atom stereocenters. The highest BCUT2D eigenvalue weighted by molar-refractivity contribution is 5.51. The van der Waals surface area contributed by atoms with E-state index >= 15 is 0 Å². The highest BCUT2D eigenvalue weighted by Gasteiger charge is 2.33. The summed E-state index contributed by atoms with van der Waals surface area (Å²) in [5.41, 5.74) is 4.15. The SMILES string of the molecule is CCCCCOc1ccc(N)c(C(F)(F)F)c1. The van der Waals surface area contributed by atoms with Crippen molar-refractivity contribution >= 4 is 5.69 Å². The number of ether oxygens (including phenoxy) is 1. The quantitative estimate of drug-likeness (QED) is 0.633. The van der Waals surface area contributed by atoms with Crippen LogP contribution in [-0.4, -0.2) is 6.61 Å². The molecule has 0 saturated carbocycles. The first-order valence-corrected chi connectivity index (χ1v) is 5.54. The van der Waals surface area contributed by atoms with Crippen molar-refractivity contribution in [2.75, 3.05) is 12.3 Å². The first kappa shape index (κ1) is 13.7. The smallest absolute Gasteiger partial charge is 0.418 e. The summed E-state index contributed by atoms with van der Waals surface area (Å²) in [7, 11) is 0. The minimum Gasteiger partial charge on any atom is -0.494 e. The van der Waals surface area contributed by atoms with Crippen LogP contribution in [0.3, 0.4) is 0 Å². The summed E-state index contributed by atoms with van der Waals surface area (Å²) >= 11 is 0. The molecule has 2 N–H and O–H groups in total. The van der Waals surface area contributed by atoms with Gasteiger partial charge in [-0.1, -0.05) is 19.8 Å². The molecule has 0 heterocycles. The Morgan fingerprint density at radius 2 is 1.94 bits per heavy atom. The number of benzene rings is 1. The van der Waals surface area contributed by atoms with Crippen molar-refractivity contribution in [2.24, 2.45) is 0 Å². The Balaban J connectivity index is 2.69. The van der Waals surface area contributed by atoms with Gasteiger partial charge in [0, 0.05) is 5.69 Å². The van der Waals surface area contributed by atoms with Crippen LogP contribution in [0, 0.1) is 0 Å². The van der Waals surface area contributed by atoms with Gasteiger partial charge in [-0.15, -0.1) is 0 Å². The number of nitrogen functional groups attached to an aromatic ring is 1. The van der Waals surface area contributed by atoms with Crippen molar-refractivity contribution in [3.63, 3.8) is 0 Å². The second kappa shape index (κ2) is 5.80. The van der Waals surface area contributed by atoms with Crippen LogP contribution in [0.15, 0.2) is 18.2 Å². The normalized spacial score (nSPS) is 11.5. The van der Waals surface area contributed by atoms with E-state index in [-0.39, 0.29) is 11.4 Å². The van der Waals surface area contributed by atoms with Crippen molar-refractivity contribution in [3.8, 4) is 5.75 Å². The number of nitrogens with two attached hydrogens (primary N) is 1. The summed E-state index contributed by atoms with van der Waals surface area (Å²) in [5.74, 6) is 0.211. The van der Waals surface area contributed by atoms with Gasteiger partial charge in [0.05, 0.1) is 12.2 Å². The van der Waals surface area contributed by atoms with Crippen molar-refractivity contribution in [2.45, 2.75) is 32.4 Å². The zero-order valence-corrected chi connectivity index (χ0v) is 9.68. The predicted molar refractivity (Wildman–Crippen MR) is 60.9 cm³/mol. The molecule has 1 aromatic rings. The molecule has 0 fully saturated rings. The van der Waals surface area contributed by atoms with Gasteiger partial charge in [-0.25, -0.2) is 0 Å². The fourth-order valence-electron chi connectivity index (χ4n) is 1.41. The molecule has 0 aromatic heterocycles. The van der Waals surface area contributed by atoms with Crippen molar-refractivity contribution in [1.29, 1.82) is 0 Å². The van der Waals surface area contributed by atoms with Crippen LogP contribution in [0.25, 0.3) is 0 Å². The van der Waals surface area contributed by atoms with E-state index in [1.807, 2.05) is 6.92 Å². The molecule has 0 aliphatic carbocycles. The number of anilines is 1. The lowest BCUT2D eigenvalue weighted by atomic mass is 10.1. The first-order chi connectivity index (χ1) is 7.95. The summed E-state index contributed by atoms with van der Waals surface area (Å²) in [6.07, 6.45) is -1.56. The van der Waals surface area contributed by atoms with Crippen molar-refractivity contribution in [3.05, 3.63) is 23.8 Å². The van der Waals surface area contributed by atoms with E-state index in [0.29, 0.717) is 6.61 Å². The lowest BCUT2D eigenvalue weighted by Crippen LogP contribution is -2.09. The van der Waals surface area contributed by atoms with Crippen LogP contribution in [0.4, 0.5) is 18.9 Å². The van der Waals surface area contributed by atoms with Crippen molar-refractivity contribution < 1.29 is 17.9 Å². The maximum absolute atomic E-state index is 12.5. The van der Waals surface area contributed by atoms with E-state index in [0.717, 1.165) is 25.3 Å². The van der Waals surface area contributed by atoms with Gasteiger partial charge in [0.15, 0.2) is 0 Å². The largest absolute Gasteiger partial charge is 0.494 e. The molecule has 0 radical (unpaired) electrons. The maximum Gasteiger partial charge on any atom is 0.418 e. The van der Waals surface area contributed by atoms with E-state index in [2.05, 4.69) is 0 Å². The second-order valence-electron chi connectivity index (χ2n) is 3.80. The third-order valence-corrected chi connectivity index (χ3v) is 2.35. The van der Waals surface area contributed by atoms with Crippen LogP contribution in [0.1, 0.15) is 31.7 Å². The monoisotopic (exact) mass is 247 g/mol. The van der Waals surface area contributed by atoms with E-state index in [1.165, 1.54) is 12.1 Å². The number of hydrogen-bond acceptors (Lipinski definition) is 2. The molecular formula is C12H16F3NO. The topological polar surface area (TPSA) is 35.2 Å².